The number of carbonyl (C=O) groups excluding carboxylic acids is 1. The lowest BCUT2D eigenvalue weighted by molar-refractivity contribution is 0.0734. The third-order valence-corrected chi connectivity index (χ3v) is 5.21. The Balaban J connectivity index is 1.75. The van der Waals surface area contributed by atoms with Gasteiger partial charge in [-0.2, -0.15) is 0 Å². The fourth-order valence-corrected chi connectivity index (χ4v) is 3.79. The van der Waals surface area contributed by atoms with Gasteiger partial charge in [-0.05, 0) is 40.5 Å². The summed E-state index contributed by atoms with van der Waals surface area (Å²) in [6.45, 7) is 3.05. The molecular weight excluding hydrogens is 373 g/mol. The van der Waals surface area contributed by atoms with Crippen molar-refractivity contribution in [1.29, 1.82) is 0 Å². The van der Waals surface area contributed by atoms with Crippen LogP contribution in [0.5, 0.6) is 0 Å². The van der Waals surface area contributed by atoms with Crippen molar-refractivity contribution in [2.45, 2.75) is 19.9 Å². The Morgan fingerprint density at radius 1 is 1.38 bits per heavy atom. The molecule has 1 N–H and O–H groups in total. The Kier molecular flexibility index (Phi) is 3.64. The standard InChI is InChI=1S/C18H15BrFN3O/c1-10-2-3-14(20)17-16(10)12-9-23(7-5-15(12)22-17)18(24)11-4-6-21-8-13(11)19/h2-4,6,8,22H,5,7,9H2,1H3. The number of nitrogens with one attached hydrogen (secondary N) is 1. The van der Waals surface area contributed by atoms with Crippen molar-refractivity contribution in [3.05, 3.63) is 63.3 Å². The van der Waals surface area contributed by atoms with Crippen LogP contribution in [-0.4, -0.2) is 27.3 Å². The van der Waals surface area contributed by atoms with Crippen LogP contribution in [0.1, 0.15) is 27.2 Å². The first-order valence-corrected chi connectivity index (χ1v) is 8.53. The highest BCUT2D eigenvalue weighted by atomic mass is 79.9. The first-order valence-electron chi connectivity index (χ1n) is 7.73. The van der Waals surface area contributed by atoms with Crippen LogP contribution in [0.4, 0.5) is 4.39 Å². The Bertz CT molecular complexity index is 966. The summed E-state index contributed by atoms with van der Waals surface area (Å²) >= 11 is 3.38. The number of H-pyrrole nitrogens is 1. The molecule has 0 bridgehead atoms. The van der Waals surface area contributed by atoms with Gasteiger partial charge >= 0.3 is 0 Å². The minimum absolute atomic E-state index is 0.0432. The zero-order valence-corrected chi connectivity index (χ0v) is 14.7. The van der Waals surface area contributed by atoms with Gasteiger partial charge in [0.05, 0.1) is 11.1 Å². The fraction of sp³-hybridized carbons (Fsp3) is 0.222. The molecule has 24 heavy (non-hydrogen) atoms. The minimum Gasteiger partial charge on any atom is -0.356 e. The van der Waals surface area contributed by atoms with Crippen molar-refractivity contribution >= 4 is 32.7 Å². The third kappa shape index (κ3) is 2.33. The van der Waals surface area contributed by atoms with Gasteiger partial charge in [0.25, 0.3) is 5.91 Å². The van der Waals surface area contributed by atoms with Crippen molar-refractivity contribution in [2.75, 3.05) is 6.54 Å². The van der Waals surface area contributed by atoms with Crippen LogP contribution in [0.2, 0.25) is 0 Å². The van der Waals surface area contributed by atoms with Gasteiger partial charge in [-0.3, -0.25) is 9.78 Å². The minimum atomic E-state index is -0.250. The Morgan fingerprint density at radius 2 is 2.21 bits per heavy atom. The molecule has 0 aliphatic carbocycles. The molecule has 2 aromatic heterocycles. The number of hydrogen-bond acceptors (Lipinski definition) is 2. The molecule has 0 saturated carbocycles. The van der Waals surface area contributed by atoms with Crippen LogP contribution in [0.3, 0.4) is 0 Å². The average Bonchev–Trinajstić information content (AvgIpc) is 2.98. The van der Waals surface area contributed by atoms with E-state index in [-0.39, 0.29) is 11.7 Å². The number of nitrogens with zero attached hydrogens (tertiary/aromatic N) is 2. The maximum Gasteiger partial charge on any atom is 0.255 e. The van der Waals surface area contributed by atoms with Crippen LogP contribution >= 0.6 is 15.9 Å². The summed E-state index contributed by atoms with van der Waals surface area (Å²) in [7, 11) is 0. The van der Waals surface area contributed by atoms with E-state index in [1.807, 2.05) is 6.92 Å². The SMILES string of the molecule is Cc1ccc(F)c2[nH]c3c(c12)CN(C(=O)c1ccncc1Br)CC3. The third-order valence-electron chi connectivity index (χ3n) is 4.58. The lowest BCUT2D eigenvalue weighted by Gasteiger charge is -2.27. The van der Waals surface area contributed by atoms with E-state index < -0.39 is 0 Å². The second-order valence-corrected chi connectivity index (χ2v) is 6.88. The quantitative estimate of drug-likeness (QED) is 0.686. The molecule has 1 amide bonds. The maximum atomic E-state index is 14.1. The Hall–Kier alpha value is -2.21. The van der Waals surface area contributed by atoms with Crippen molar-refractivity contribution in [3.63, 3.8) is 0 Å². The van der Waals surface area contributed by atoms with Crippen LogP contribution in [0.25, 0.3) is 10.9 Å². The zero-order chi connectivity index (χ0) is 16.8. The summed E-state index contributed by atoms with van der Waals surface area (Å²) in [6, 6.07) is 4.98. The van der Waals surface area contributed by atoms with Crippen molar-refractivity contribution in [1.82, 2.24) is 14.9 Å². The lowest BCUT2D eigenvalue weighted by atomic mass is 10.0. The maximum absolute atomic E-state index is 14.1. The first-order chi connectivity index (χ1) is 11.6. The van der Waals surface area contributed by atoms with Gasteiger partial charge in [-0.25, -0.2) is 4.39 Å². The van der Waals surface area contributed by atoms with E-state index in [1.54, 1.807) is 29.4 Å². The van der Waals surface area contributed by atoms with Gasteiger partial charge in [0.2, 0.25) is 0 Å². The van der Waals surface area contributed by atoms with E-state index in [0.29, 0.717) is 35.1 Å². The van der Waals surface area contributed by atoms with Crippen molar-refractivity contribution in [2.24, 2.45) is 0 Å². The zero-order valence-electron chi connectivity index (χ0n) is 13.1. The molecule has 0 radical (unpaired) electrons. The number of aromatic amines is 1. The molecule has 0 spiro atoms. The number of aromatic nitrogens is 2. The first kappa shape index (κ1) is 15.3. The number of hydrogen-bond donors (Lipinski definition) is 1. The Morgan fingerprint density at radius 3 is 3.00 bits per heavy atom. The highest BCUT2D eigenvalue weighted by Gasteiger charge is 2.27. The Labute approximate surface area is 146 Å². The molecule has 6 heteroatoms. The summed E-state index contributed by atoms with van der Waals surface area (Å²) in [5.41, 5.74) is 4.20. The molecule has 0 atom stereocenters. The predicted octanol–water partition coefficient (Wildman–Crippen LogP) is 3.97. The molecule has 0 saturated heterocycles. The van der Waals surface area contributed by atoms with Gasteiger partial charge in [0.15, 0.2) is 0 Å². The van der Waals surface area contributed by atoms with E-state index in [1.165, 1.54) is 6.07 Å². The second kappa shape index (κ2) is 5.70. The molecule has 4 nitrogen and oxygen atoms in total. The number of fused-ring (bicyclic) bond motifs is 3. The van der Waals surface area contributed by atoms with Gasteiger partial charge in [0, 0.05) is 53.0 Å². The molecule has 3 heterocycles. The smallest absolute Gasteiger partial charge is 0.255 e. The van der Waals surface area contributed by atoms with Crippen LogP contribution in [-0.2, 0) is 13.0 Å². The largest absolute Gasteiger partial charge is 0.356 e. The normalized spacial score (nSPS) is 14.0. The van der Waals surface area contributed by atoms with Crippen molar-refractivity contribution in [3.8, 4) is 0 Å². The molecule has 0 fully saturated rings. The lowest BCUT2D eigenvalue weighted by Crippen LogP contribution is -2.36. The average molecular weight is 388 g/mol. The predicted molar refractivity (Wildman–Crippen MR) is 93.4 cm³/mol. The number of amides is 1. The molecule has 1 aliphatic heterocycles. The van der Waals surface area contributed by atoms with E-state index in [9.17, 15) is 9.18 Å². The molecule has 122 valence electrons. The van der Waals surface area contributed by atoms with E-state index >= 15 is 0 Å². The van der Waals surface area contributed by atoms with Gasteiger partial charge < -0.3 is 9.88 Å². The van der Waals surface area contributed by atoms with Gasteiger partial charge in [-0.1, -0.05) is 6.07 Å². The number of pyridine rings is 1. The number of benzene rings is 1. The van der Waals surface area contributed by atoms with E-state index in [2.05, 4.69) is 25.9 Å². The molecule has 1 aromatic carbocycles. The highest BCUT2D eigenvalue weighted by molar-refractivity contribution is 9.10. The monoisotopic (exact) mass is 387 g/mol. The highest BCUT2D eigenvalue weighted by Crippen LogP contribution is 2.32. The molecular formula is C18H15BrFN3O. The number of carbonyl (C=O) groups is 1. The fourth-order valence-electron chi connectivity index (χ4n) is 3.37. The summed E-state index contributed by atoms with van der Waals surface area (Å²) < 4.78 is 14.8. The number of aryl methyl sites for hydroxylation is 1. The van der Waals surface area contributed by atoms with Crippen molar-refractivity contribution < 1.29 is 9.18 Å². The summed E-state index contributed by atoms with van der Waals surface area (Å²) in [5, 5.41) is 0.899. The van der Waals surface area contributed by atoms with Crippen LogP contribution in [0, 0.1) is 12.7 Å². The topological polar surface area (TPSA) is 49.0 Å². The van der Waals surface area contributed by atoms with Gasteiger partial charge in [-0.15, -0.1) is 0 Å². The molecule has 0 unspecified atom stereocenters. The number of rotatable bonds is 1. The summed E-state index contributed by atoms with van der Waals surface area (Å²) in [4.78, 5) is 21.8. The van der Waals surface area contributed by atoms with Gasteiger partial charge in [0.1, 0.15) is 5.82 Å². The van der Waals surface area contributed by atoms with E-state index in [0.717, 1.165) is 22.2 Å². The van der Waals surface area contributed by atoms with Crippen LogP contribution in [0.15, 0.2) is 35.1 Å². The van der Waals surface area contributed by atoms with E-state index in [4.69, 9.17) is 0 Å². The molecule has 1 aliphatic rings. The summed E-state index contributed by atoms with van der Waals surface area (Å²) in [5.74, 6) is -0.293. The second-order valence-electron chi connectivity index (χ2n) is 6.03. The molecule has 4 rings (SSSR count). The summed E-state index contributed by atoms with van der Waals surface area (Å²) in [6.07, 6.45) is 3.92. The molecule has 3 aromatic rings. The number of halogens is 2. The van der Waals surface area contributed by atoms with Crippen LogP contribution < -0.4 is 0 Å².